The van der Waals surface area contributed by atoms with Crippen LogP contribution in [0, 0.1) is 0 Å². The third-order valence-corrected chi connectivity index (χ3v) is 2.64. The largest absolute Gasteiger partial charge is 0.454 e. The number of benzene rings is 1. The summed E-state index contributed by atoms with van der Waals surface area (Å²) < 4.78 is 5.65. The van der Waals surface area contributed by atoms with Gasteiger partial charge in [0.1, 0.15) is 11.3 Å². The van der Waals surface area contributed by atoms with Crippen molar-refractivity contribution in [2.45, 2.75) is 6.42 Å². The van der Waals surface area contributed by atoms with Crippen LogP contribution >= 0.6 is 0 Å². The number of oxime groups is 1. The van der Waals surface area contributed by atoms with Crippen LogP contribution in [-0.4, -0.2) is 10.9 Å². The van der Waals surface area contributed by atoms with E-state index in [1.807, 2.05) is 30.3 Å². The minimum absolute atomic E-state index is 0.493. The van der Waals surface area contributed by atoms with Crippen molar-refractivity contribution < 1.29 is 9.62 Å². The van der Waals surface area contributed by atoms with Gasteiger partial charge in [-0.25, -0.2) is 0 Å². The fourth-order valence-corrected chi connectivity index (χ4v) is 1.95. The molecular formula is C12H9NO2. The molecule has 74 valence electrons. The summed E-state index contributed by atoms with van der Waals surface area (Å²) in [5, 5.41) is 13.2. The summed E-state index contributed by atoms with van der Waals surface area (Å²) in [5.74, 6) is 0.682. The molecule has 1 N–H and O–H groups in total. The van der Waals surface area contributed by atoms with E-state index in [-0.39, 0.29) is 0 Å². The fourth-order valence-electron chi connectivity index (χ4n) is 1.95. The zero-order valence-electron chi connectivity index (χ0n) is 7.97. The maximum atomic E-state index is 8.84. The molecule has 1 aromatic carbocycles. The molecule has 3 rings (SSSR count). The predicted octanol–water partition coefficient (Wildman–Crippen LogP) is 2.72. The summed E-state index contributed by atoms with van der Waals surface area (Å²) in [4.78, 5) is 0. The molecule has 0 bridgehead atoms. The highest BCUT2D eigenvalue weighted by molar-refractivity contribution is 6.11. The summed E-state index contributed by atoms with van der Waals surface area (Å²) in [6.45, 7) is 0. The minimum Gasteiger partial charge on any atom is -0.454 e. The molecular weight excluding hydrogens is 190 g/mol. The Labute approximate surface area is 86.3 Å². The highest BCUT2D eigenvalue weighted by Crippen LogP contribution is 2.29. The molecule has 0 saturated carbocycles. The Morgan fingerprint density at radius 3 is 3.00 bits per heavy atom. The number of fused-ring (bicyclic) bond motifs is 3. The minimum atomic E-state index is 0.493. The van der Waals surface area contributed by atoms with Gasteiger partial charge in [0.15, 0.2) is 5.76 Å². The fraction of sp³-hybridized carbons (Fsp3) is 0.0833. The van der Waals surface area contributed by atoms with Gasteiger partial charge in [-0.3, -0.25) is 0 Å². The van der Waals surface area contributed by atoms with Crippen molar-refractivity contribution in [1.29, 1.82) is 0 Å². The standard InChI is InChI=1S/C12H9NO2/c14-13-10-6-3-5-9-8-4-1-2-7-11(8)15-12(9)10/h1-4,6-7,14H,5H2/b13-10+. The highest BCUT2D eigenvalue weighted by atomic mass is 16.4. The second-order valence-electron chi connectivity index (χ2n) is 3.50. The van der Waals surface area contributed by atoms with Crippen molar-refractivity contribution in [2.75, 3.05) is 0 Å². The number of nitrogens with zero attached hydrogens (tertiary/aromatic N) is 1. The second kappa shape index (κ2) is 2.98. The van der Waals surface area contributed by atoms with Crippen LogP contribution in [0.5, 0.6) is 0 Å². The van der Waals surface area contributed by atoms with Gasteiger partial charge >= 0.3 is 0 Å². The van der Waals surface area contributed by atoms with Gasteiger partial charge in [0.2, 0.25) is 0 Å². The third kappa shape index (κ3) is 1.09. The lowest BCUT2D eigenvalue weighted by Gasteiger charge is -2.03. The maximum absolute atomic E-state index is 8.84. The molecule has 1 aliphatic rings. The Balaban J connectivity index is 2.37. The molecule has 0 radical (unpaired) electrons. The van der Waals surface area contributed by atoms with Gasteiger partial charge in [-0.05, 0) is 18.6 Å². The highest BCUT2D eigenvalue weighted by Gasteiger charge is 2.19. The molecule has 1 aliphatic carbocycles. The van der Waals surface area contributed by atoms with E-state index < -0.39 is 0 Å². The van der Waals surface area contributed by atoms with E-state index in [1.165, 1.54) is 0 Å². The molecule has 0 fully saturated rings. The topological polar surface area (TPSA) is 45.7 Å². The maximum Gasteiger partial charge on any atom is 0.160 e. The first-order valence-corrected chi connectivity index (χ1v) is 4.79. The molecule has 3 nitrogen and oxygen atoms in total. The van der Waals surface area contributed by atoms with Crippen LogP contribution in [0.4, 0.5) is 0 Å². The number of hydrogen-bond acceptors (Lipinski definition) is 3. The molecule has 1 aromatic heterocycles. The summed E-state index contributed by atoms with van der Waals surface area (Å²) in [6.07, 6.45) is 4.56. The summed E-state index contributed by atoms with van der Waals surface area (Å²) in [5.41, 5.74) is 2.43. The van der Waals surface area contributed by atoms with Gasteiger partial charge in [-0.15, -0.1) is 0 Å². The molecule has 2 aromatic rings. The van der Waals surface area contributed by atoms with E-state index in [4.69, 9.17) is 9.62 Å². The molecule has 15 heavy (non-hydrogen) atoms. The van der Waals surface area contributed by atoms with Crippen LogP contribution in [0.3, 0.4) is 0 Å². The summed E-state index contributed by atoms with van der Waals surface area (Å²) >= 11 is 0. The van der Waals surface area contributed by atoms with Gasteiger partial charge in [0.05, 0.1) is 0 Å². The predicted molar refractivity (Wildman–Crippen MR) is 57.4 cm³/mol. The van der Waals surface area contributed by atoms with Gasteiger partial charge < -0.3 is 9.62 Å². The van der Waals surface area contributed by atoms with E-state index in [2.05, 4.69) is 5.16 Å². The monoisotopic (exact) mass is 199 g/mol. The van der Waals surface area contributed by atoms with Gasteiger partial charge in [-0.2, -0.15) is 0 Å². The molecule has 0 unspecified atom stereocenters. The quantitative estimate of drug-likeness (QED) is 0.523. The molecule has 0 amide bonds. The van der Waals surface area contributed by atoms with E-state index >= 15 is 0 Å². The molecule has 3 heteroatoms. The van der Waals surface area contributed by atoms with E-state index in [0.29, 0.717) is 11.5 Å². The normalized spacial score (nSPS) is 17.2. The lowest BCUT2D eigenvalue weighted by molar-refractivity contribution is 0.318. The summed E-state index contributed by atoms with van der Waals surface area (Å²) in [7, 11) is 0. The Bertz CT molecular complexity index is 578. The van der Waals surface area contributed by atoms with Crippen LogP contribution in [0.25, 0.3) is 11.0 Å². The van der Waals surface area contributed by atoms with Gasteiger partial charge in [-0.1, -0.05) is 29.4 Å². The lowest BCUT2D eigenvalue weighted by Crippen LogP contribution is -2.03. The Kier molecular flexibility index (Phi) is 1.65. The lowest BCUT2D eigenvalue weighted by atomic mass is 10.0. The molecule has 0 atom stereocenters. The average Bonchev–Trinajstić information content (AvgIpc) is 2.67. The number of furan rings is 1. The Morgan fingerprint density at radius 1 is 1.27 bits per heavy atom. The summed E-state index contributed by atoms with van der Waals surface area (Å²) in [6, 6.07) is 7.85. The van der Waals surface area contributed by atoms with Crippen molar-refractivity contribution in [1.82, 2.24) is 0 Å². The second-order valence-corrected chi connectivity index (χ2v) is 3.50. The Hall–Kier alpha value is -2.03. The van der Waals surface area contributed by atoms with Crippen molar-refractivity contribution in [3.63, 3.8) is 0 Å². The van der Waals surface area contributed by atoms with Crippen LogP contribution in [0.2, 0.25) is 0 Å². The number of hydrogen-bond donors (Lipinski definition) is 1. The first-order valence-electron chi connectivity index (χ1n) is 4.79. The van der Waals surface area contributed by atoms with Gasteiger partial charge in [0, 0.05) is 10.9 Å². The molecule has 0 aliphatic heterocycles. The van der Waals surface area contributed by atoms with E-state index in [9.17, 15) is 0 Å². The Morgan fingerprint density at radius 2 is 2.13 bits per heavy atom. The molecule has 1 heterocycles. The first kappa shape index (κ1) is 8.29. The SMILES string of the molecule is O/N=C1\C=CCc2c1oc1ccccc21. The number of para-hydroxylation sites is 1. The zero-order chi connectivity index (χ0) is 10.3. The van der Waals surface area contributed by atoms with Crippen LogP contribution in [0.1, 0.15) is 11.3 Å². The number of allylic oxidation sites excluding steroid dienone is 2. The molecule has 0 spiro atoms. The van der Waals surface area contributed by atoms with Crippen LogP contribution in [0.15, 0.2) is 46.0 Å². The van der Waals surface area contributed by atoms with Crippen molar-refractivity contribution >= 4 is 16.7 Å². The third-order valence-electron chi connectivity index (χ3n) is 2.64. The molecule has 0 saturated heterocycles. The van der Waals surface area contributed by atoms with Crippen LogP contribution in [-0.2, 0) is 6.42 Å². The first-order chi connectivity index (χ1) is 7.40. The van der Waals surface area contributed by atoms with Crippen molar-refractivity contribution in [3.8, 4) is 0 Å². The van der Waals surface area contributed by atoms with Crippen molar-refractivity contribution in [2.24, 2.45) is 5.16 Å². The zero-order valence-corrected chi connectivity index (χ0v) is 7.97. The van der Waals surface area contributed by atoms with Crippen LogP contribution < -0.4 is 0 Å². The van der Waals surface area contributed by atoms with E-state index in [1.54, 1.807) is 6.08 Å². The average molecular weight is 199 g/mol. The van der Waals surface area contributed by atoms with Gasteiger partial charge in [0.25, 0.3) is 0 Å². The van der Waals surface area contributed by atoms with Crippen molar-refractivity contribution in [3.05, 3.63) is 47.7 Å². The number of rotatable bonds is 0. The smallest absolute Gasteiger partial charge is 0.160 e. The van der Waals surface area contributed by atoms with E-state index in [0.717, 1.165) is 23.0 Å².